The molecular weight excluding hydrogens is 326 g/mol. The van der Waals surface area contributed by atoms with E-state index in [0.29, 0.717) is 5.88 Å². The quantitative estimate of drug-likeness (QED) is 0.731. The number of nitrogens with zero attached hydrogens (tertiary/aromatic N) is 4. The van der Waals surface area contributed by atoms with Crippen LogP contribution in [0.5, 0.6) is 5.88 Å². The second kappa shape index (κ2) is 7.09. The van der Waals surface area contributed by atoms with Crippen LogP contribution in [0, 0.1) is 0 Å². The molecule has 2 aromatic heterocycles. The lowest BCUT2D eigenvalue weighted by Crippen LogP contribution is -2.31. The highest BCUT2D eigenvalue weighted by atomic mass is 16.5. The summed E-state index contributed by atoms with van der Waals surface area (Å²) in [5, 5.41) is 0. The molecule has 6 nitrogen and oxygen atoms in total. The van der Waals surface area contributed by atoms with Gasteiger partial charge in [-0.3, -0.25) is 4.90 Å². The zero-order valence-electron chi connectivity index (χ0n) is 14.7. The van der Waals surface area contributed by atoms with Crippen LogP contribution in [-0.4, -0.2) is 33.5 Å². The van der Waals surface area contributed by atoms with Gasteiger partial charge in [0.1, 0.15) is 0 Å². The number of fused-ring (bicyclic) bond motifs is 1. The Morgan fingerprint density at radius 2 is 2.00 bits per heavy atom. The molecule has 3 aromatic rings. The van der Waals surface area contributed by atoms with E-state index in [0.717, 1.165) is 54.4 Å². The number of hydrogen-bond donors (Lipinski definition) is 1. The molecule has 0 saturated carbocycles. The molecule has 132 valence electrons. The summed E-state index contributed by atoms with van der Waals surface area (Å²) in [7, 11) is 1.66. The Balaban J connectivity index is 1.52. The van der Waals surface area contributed by atoms with E-state index in [1.165, 1.54) is 5.56 Å². The van der Waals surface area contributed by atoms with Gasteiger partial charge in [0, 0.05) is 60.8 Å². The van der Waals surface area contributed by atoms with Gasteiger partial charge < -0.3 is 10.5 Å². The van der Waals surface area contributed by atoms with Gasteiger partial charge in [-0.05, 0) is 30.3 Å². The van der Waals surface area contributed by atoms with Crippen LogP contribution < -0.4 is 10.5 Å². The molecule has 1 aliphatic heterocycles. The number of nitrogen functional groups attached to an aromatic ring is 1. The van der Waals surface area contributed by atoms with Gasteiger partial charge in [0.25, 0.3) is 0 Å². The summed E-state index contributed by atoms with van der Waals surface area (Å²) in [5.41, 5.74) is 10.9. The van der Waals surface area contributed by atoms with Crippen molar-refractivity contribution >= 4 is 5.69 Å². The minimum Gasteiger partial charge on any atom is -0.481 e. The smallest absolute Gasteiger partial charge is 0.217 e. The van der Waals surface area contributed by atoms with Crippen LogP contribution in [0.3, 0.4) is 0 Å². The van der Waals surface area contributed by atoms with E-state index < -0.39 is 0 Å². The summed E-state index contributed by atoms with van der Waals surface area (Å²) in [4.78, 5) is 16.0. The van der Waals surface area contributed by atoms with Gasteiger partial charge in [0.2, 0.25) is 5.88 Å². The average Bonchev–Trinajstić information content (AvgIpc) is 2.68. The summed E-state index contributed by atoms with van der Waals surface area (Å²) in [6.45, 7) is 2.58. The Kier molecular flexibility index (Phi) is 4.50. The minimum absolute atomic E-state index is 0.688. The van der Waals surface area contributed by atoms with E-state index in [-0.39, 0.29) is 0 Å². The third-order valence-electron chi connectivity index (χ3n) is 4.62. The number of rotatable bonds is 4. The summed E-state index contributed by atoms with van der Waals surface area (Å²) in [6, 6.07) is 11.7. The first-order valence-electron chi connectivity index (χ1n) is 8.64. The SMILES string of the molecule is COc1ncccc1CN1CCc2nc(-c3ccc(N)cc3)ncc2C1. The summed E-state index contributed by atoms with van der Waals surface area (Å²) < 4.78 is 5.36. The molecule has 0 bridgehead atoms. The molecule has 26 heavy (non-hydrogen) atoms. The Hall–Kier alpha value is -2.99. The molecule has 4 rings (SSSR count). The highest BCUT2D eigenvalue weighted by molar-refractivity contribution is 5.58. The number of ether oxygens (including phenoxy) is 1. The van der Waals surface area contributed by atoms with Crippen LogP contribution in [0.25, 0.3) is 11.4 Å². The third-order valence-corrected chi connectivity index (χ3v) is 4.62. The van der Waals surface area contributed by atoms with E-state index in [2.05, 4.69) is 20.9 Å². The molecule has 0 aliphatic carbocycles. The van der Waals surface area contributed by atoms with Gasteiger partial charge in [-0.2, -0.15) is 0 Å². The van der Waals surface area contributed by atoms with Crippen LogP contribution in [0.1, 0.15) is 16.8 Å². The van der Waals surface area contributed by atoms with Gasteiger partial charge in [-0.15, -0.1) is 0 Å². The van der Waals surface area contributed by atoms with Crippen molar-refractivity contribution in [3.8, 4) is 17.3 Å². The molecule has 0 amide bonds. The van der Waals surface area contributed by atoms with E-state index in [1.807, 2.05) is 36.5 Å². The number of pyridine rings is 1. The number of anilines is 1. The number of aromatic nitrogens is 3. The molecule has 0 radical (unpaired) electrons. The maximum atomic E-state index is 5.76. The lowest BCUT2D eigenvalue weighted by atomic mass is 10.1. The molecule has 0 fully saturated rings. The number of nitrogens with two attached hydrogens (primary N) is 1. The van der Waals surface area contributed by atoms with Crippen LogP contribution in [0.15, 0.2) is 48.8 Å². The summed E-state index contributed by atoms with van der Waals surface area (Å²) in [6.07, 6.45) is 4.60. The zero-order valence-corrected chi connectivity index (χ0v) is 14.7. The van der Waals surface area contributed by atoms with Crippen molar-refractivity contribution in [3.05, 3.63) is 65.6 Å². The van der Waals surface area contributed by atoms with E-state index in [9.17, 15) is 0 Å². The predicted octanol–water partition coefficient (Wildman–Crippen LogP) is 2.69. The van der Waals surface area contributed by atoms with Gasteiger partial charge in [-0.1, -0.05) is 6.07 Å². The Morgan fingerprint density at radius 3 is 2.81 bits per heavy atom. The lowest BCUT2D eigenvalue weighted by Gasteiger charge is -2.28. The van der Waals surface area contributed by atoms with Crippen molar-refractivity contribution in [1.82, 2.24) is 19.9 Å². The Morgan fingerprint density at radius 1 is 1.15 bits per heavy atom. The van der Waals surface area contributed by atoms with Crippen molar-refractivity contribution in [1.29, 1.82) is 0 Å². The van der Waals surface area contributed by atoms with Gasteiger partial charge >= 0.3 is 0 Å². The fourth-order valence-electron chi connectivity index (χ4n) is 3.25. The maximum Gasteiger partial charge on any atom is 0.217 e. The first kappa shape index (κ1) is 16.5. The van der Waals surface area contributed by atoms with Crippen LogP contribution >= 0.6 is 0 Å². The lowest BCUT2D eigenvalue weighted by molar-refractivity contribution is 0.238. The summed E-state index contributed by atoms with van der Waals surface area (Å²) in [5.74, 6) is 1.44. The van der Waals surface area contributed by atoms with Crippen LogP contribution in [-0.2, 0) is 19.5 Å². The van der Waals surface area contributed by atoms with Crippen molar-refractivity contribution in [2.45, 2.75) is 19.5 Å². The first-order chi connectivity index (χ1) is 12.7. The molecule has 2 N–H and O–H groups in total. The van der Waals surface area contributed by atoms with Gasteiger partial charge in [0.05, 0.1) is 12.8 Å². The predicted molar refractivity (Wildman–Crippen MR) is 100 cm³/mol. The highest BCUT2D eigenvalue weighted by Crippen LogP contribution is 2.24. The topological polar surface area (TPSA) is 77.2 Å². The maximum absolute atomic E-state index is 5.76. The number of hydrogen-bond acceptors (Lipinski definition) is 6. The largest absolute Gasteiger partial charge is 0.481 e. The number of benzene rings is 1. The Labute approximate surface area is 152 Å². The molecule has 0 unspecified atom stereocenters. The third kappa shape index (κ3) is 3.36. The summed E-state index contributed by atoms with van der Waals surface area (Å²) >= 11 is 0. The zero-order chi connectivity index (χ0) is 17.9. The van der Waals surface area contributed by atoms with Crippen molar-refractivity contribution < 1.29 is 4.74 Å². The number of methoxy groups -OCH3 is 1. The second-order valence-corrected chi connectivity index (χ2v) is 6.42. The normalized spacial score (nSPS) is 14.0. The van der Waals surface area contributed by atoms with Crippen molar-refractivity contribution in [3.63, 3.8) is 0 Å². The van der Waals surface area contributed by atoms with Gasteiger partial charge in [0.15, 0.2) is 5.82 Å². The monoisotopic (exact) mass is 347 g/mol. The molecule has 3 heterocycles. The first-order valence-corrected chi connectivity index (χ1v) is 8.64. The van der Waals surface area contributed by atoms with Crippen LogP contribution in [0.4, 0.5) is 5.69 Å². The van der Waals surface area contributed by atoms with Gasteiger partial charge in [-0.25, -0.2) is 15.0 Å². The second-order valence-electron chi connectivity index (χ2n) is 6.42. The fraction of sp³-hybridized carbons (Fsp3) is 0.250. The fourth-order valence-corrected chi connectivity index (χ4v) is 3.25. The molecule has 6 heteroatoms. The van der Waals surface area contributed by atoms with Crippen molar-refractivity contribution in [2.24, 2.45) is 0 Å². The van der Waals surface area contributed by atoms with E-state index >= 15 is 0 Å². The minimum atomic E-state index is 0.688. The van der Waals surface area contributed by atoms with Crippen molar-refractivity contribution in [2.75, 3.05) is 19.4 Å². The molecule has 1 aromatic carbocycles. The van der Waals surface area contributed by atoms with E-state index in [1.54, 1.807) is 13.3 Å². The standard InChI is InChI=1S/C20H21N5O/c1-26-20-15(3-2-9-22-20)12-25-10-8-18-16(13-25)11-23-19(24-18)14-4-6-17(21)7-5-14/h2-7,9,11H,8,10,12-13,21H2,1H3. The van der Waals surface area contributed by atoms with Crippen LogP contribution in [0.2, 0.25) is 0 Å². The average molecular weight is 347 g/mol. The Bertz CT molecular complexity index is 910. The molecule has 0 spiro atoms. The molecular formula is C20H21N5O. The molecule has 0 saturated heterocycles. The van der Waals surface area contributed by atoms with E-state index in [4.69, 9.17) is 15.5 Å². The molecule has 0 atom stereocenters. The highest BCUT2D eigenvalue weighted by Gasteiger charge is 2.20. The molecule has 1 aliphatic rings.